The molecule has 0 aromatic heterocycles. The van der Waals surface area contributed by atoms with E-state index >= 15 is 0 Å². The van der Waals surface area contributed by atoms with Crippen molar-refractivity contribution in [1.29, 1.82) is 0 Å². The monoisotopic (exact) mass is 277 g/mol. The first-order valence-corrected chi connectivity index (χ1v) is 6.55. The zero-order valence-corrected chi connectivity index (χ0v) is 11.5. The average Bonchev–Trinajstić information content (AvgIpc) is 2.38. The number of anilines is 1. The summed E-state index contributed by atoms with van der Waals surface area (Å²) in [6, 6.07) is 5.71. The zero-order chi connectivity index (χ0) is 13.8. The number of carbonyl (C=O) groups is 1. The zero-order valence-electron chi connectivity index (χ0n) is 10.8. The molecule has 19 heavy (non-hydrogen) atoms. The van der Waals surface area contributed by atoms with Crippen LogP contribution in [0.15, 0.2) is 35.9 Å². The van der Waals surface area contributed by atoms with Gasteiger partial charge in [-0.1, -0.05) is 29.3 Å². The molecule has 0 atom stereocenters. The number of aliphatic carboxylic acids is 1. The van der Waals surface area contributed by atoms with E-state index in [1.54, 1.807) is 0 Å². The number of benzene rings is 1. The first-order valence-electron chi connectivity index (χ1n) is 6.17. The molecule has 1 aliphatic heterocycles. The van der Waals surface area contributed by atoms with Crippen LogP contribution in [-0.2, 0) is 4.79 Å². The Morgan fingerprint density at radius 3 is 2.84 bits per heavy atom. The molecule has 0 unspecified atom stereocenters. The van der Waals surface area contributed by atoms with E-state index in [1.807, 2.05) is 18.2 Å². The average molecular weight is 278 g/mol. The van der Waals surface area contributed by atoms with Gasteiger partial charge in [0.2, 0.25) is 0 Å². The number of nitrogens with zero attached hydrogens (tertiary/aromatic N) is 1. The Morgan fingerprint density at radius 2 is 2.26 bits per heavy atom. The summed E-state index contributed by atoms with van der Waals surface area (Å²) in [4.78, 5) is 12.7. The molecule has 4 heteroatoms. The standard InChI is InChI=1S/C15H16ClNO2/c1-11-6-8-17(9-7-11)13-4-2-12(14(16)10-13)3-5-15(18)19/h2-6,10H,7-9H2,1H3,(H,18,19)/b5-3+. The molecule has 0 fully saturated rings. The maximum atomic E-state index is 10.5. The minimum absolute atomic E-state index is 0.571. The Bertz CT molecular complexity index is 549. The molecule has 1 aliphatic rings. The van der Waals surface area contributed by atoms with E-state index in [2.05, 4.69) is 17.9 Å². The Morgan fingerprint density at radius 1 is 1.47 bits per heavy atom. The van der Waals surface area contributed by atoms with Crippen molar-refractivity contribution >= 4 is 29.3 Å². The summed E-state index contributed by atoms with van der Waals surface area (Å²) in [5, 5.41) is 9.18. The highest BCUT2D eigenvalue weighted by Crippen LogP contribution is 2.26. The van der Waals surface area contributed by atoms with Crippen LogP contribution < -0.4 is 4.90 Å². The summed E-state index contributed by atoms with van der Waals surface area (Å²) in [6.45, 7) is 4.03. The van der Waals surface area contributed by atoms with Crippen molar-refractivity contribution in [2.75, 3.05) is 18.0 Å². The lowest BCUT2D eigenvalue weighted by Gasteiger charge is -2.27. The van der Waals surface area contributed by atoms with Gasteiger partial charge in [0, 0.05) is 29.9 Å². The smallest absolute Gasteiger partial charge is 0.328 e. The number of hydrogen-bond acceptors (Lipinski definition) is 2. The molecule has 0 aliphatic carbocycles. The lowest BCUT2D eigenvalue weighted by atomic mass is 10.1. The van der Waals surface area contributed by atoms with Crippen LogP contribution in [-0.4, -0.2) is 24.2 Å². The van der Waals surface area contributed by atoms with Crippen LogP contribution in [0.4, 0.5) is 5.69 Å². The highest BCUT2D eigenvalue weighted by Gasteiger charge is 2.11. The molecule has 1 N–H and O–H groups in total. The van der Waals surface area contributed by atoms with Crippen LogP contribution in [0.1, 0.15) is 18.9 Å². The van der Waals surface area contributed by atoms with E-state index in [4.69, 9.17) is 16.7 Å². The van der Waals surface area contributed by atoms with Crippen molar-refractivity contribution in [3.8, 4) is 0 Å². The summed E-state index contributed by atoms with van der Waals surface area (Å²) in [7, 11) is 0. The molecule has 2 rings (SSSR count). The van der Waals surface area contributed by atoms with Gasteiger partial charge in [0.1, 0.15) is 0 Å². The molecule has 3 nitrogen and oxygen atoms in total. The Hall–Kier alpha value is -1.74. The molecule has 0 radical (unpaired) electrons. The lowest BCUT2D eigenvalue weighted by Crippen LogP contribution is -2.27. The molecule has 0 saturated carbocycles. The molecule has 0 bridgehead atoms. The molecule has 0 amide bonds. The number of rotatable bonds is 3. The second-order valence-electron chi connectivity index (χ2n) is 4.62. The number of hydrogen-bond donors (Lipinski definition) is 1. The van der Waals surface area contributed by atoms with E-state index in [0.29, 0.717) is 5.02 Å². The van der Waals surface area contributed by atoms with Crippen LogP contribution in [0.25, 0.3) is 6.08 Å². The molecule has 0 spiro atoms. The highest BCUT2D eigenvalue weighted by molar-refractivity contribution is 6.32. The summed E-state index contributed by atoms with van der Waals surface area (Å²) in [5.74, 6) is -0.975. The second-order valence-corrected chi connectivity index (χ2v) is 5.03. The van der Waals surface area contributed by atoms with E-state index in [9.17, 15) is 4.79 Å². The van der Waals surface area contributed by atoms with Crippen molar-refractivity contribution in [3.63, 3.8) is 0 Å². The summed E-state index contributed by atoms with van der Waals surface area (Å²) in [6.07, 6.45) is 5.89. The lowest BCUT2D eigenvalue weighted by molar-refractivity contribution is -0.131. The Balaban J connectivity index is 2.17. The van der Waals surface area contributed by atoms with Crippen molar-refractivity contribution in [2.24, 2.45) is 0 Å². The molecular weight excluding hydrogens is 262 g/mol. The van der Waals surface area contributed by atoms with Gasteiger partial charge in [0.25, 0.3) is 0 Å². The van der Waals surface area contributed by atoms with Gasteiger partial charge in [0.05, 0.1) is 0 Å². The summed E-state index contributed by atoms with van der Waals surface area (Å²) >= 11 is 6.17. The fraction of sp³-hybridized carbons (Fsp3) is 0.267. The molecule has 0 saturated heterocycles. The maximum absolute atomic E-state index is 10.5. The van der Waals surface area contributed by atoms with Crippen molar-refractivity contribution < 1.29 is 9.90 Å². The van der Waals surface area contributed by atoms with E-state index in [-0.39, 0.29) is 0 Å². The number of halogens is 1. The third kappa shape index (κ3) is 3.61. The van der Waals surface area contributed by atoms with E-state index in [1.165, 1.54) is 11.6 Å². The van der Waals surface area contributed by atoms with Gasteiger partial charge < -0.3 is 10.0 Å². The van der Waals surface area contributed by atoms with E-state index in [0.717, 1.165) is 36.8 Å². The summed E-state index contributed by atoms with van der Waals surface area (Å²) in [5.41, 5.74) is 3.21. The fourth-order valence-corrected chi connectivity index (χ4v) is 2.25. The molecular formula is C15H16ClNO2. The minimum Gasteiger partial charge on any atom is -0.478 e. The number of carboxylic acids is 1. The van der Waals surface area contributed by atoms with Gasteiger partial charge in [-0.15, -0.1) is 0 Å². The van der Waals surface area contributed by atoms with Crippen LogP contribution in [0.2, 0.25) is 5.02 Å². The minimum atomic E-state index is -0.975. The normalized spacial score (nSPS) is 15.7. The third-order valence-electron chi connectivity index (χ3n) is 3.19. The predicted octanol–water partition coefficient (Wildman–Crippen LogP) is 3.59. The number of carboxylic acid groups (broad SMARTS) is 1. The van der Waals surface area contributed by atoms with Crippen LogP contribution in [0.5, 0.6) is 0 Å². The van der Waals surface area contributed by atoms with Gasteiger partial charge >= 0.3 is 5.97 Å². The second kappa shape index (κ2) is 5.93. The first-order chi connectivity index (χ1) is 9.06. The third-order valence-corrected chi connectivity index (χ3v) is 3.52. The largest absolute Gasteiger partial charge is 0.478 e. The quantitative estimate of drug-likeness (QED) is 0.678. The van der Waals surface area contributed by atoms with E-state index < -0.39 is 5.97 Å². The van der Waals surface area contributed by atoms with Crippen LogP contribution >= 0.6 is 11.6 Å². The van der Waals surface area contributed by atoms with Gasteiger partial charge in [0.15, 0.2) is 0 Å². The van der Waals surface area contributed by atoms with Crippen molar-refractivity contribution in [1.82, 2.24) is 0 Å². The molecule has 100 valence electrons. The topological polar surface area (TPSA) is 40.5 Å². The predicted molar refractivity (Wildman–Crippen MR) is 78.7 cm³/mol. The van der Waals surface area contributed by atoms with Crippen LogP contribution in [0, 0.1) is 0 Å². The SMILES string of the molecule is CC1=CCN(c2ccc(/C=C/C(=O)O)c(Cl)c2)CC1. The Labute approximate surface area is 117 Å². The molecule has 1 aromatic rings. The van der Waals surface area contributed by atoms with Gasteiger partial charge in [-0.2, -0.15) is 0 Å². The fourth-order valence-electron chi connectivity index (χ4n) is 2.01. The molecule has 1 heterocycles. The van der Waals surface area contributed by atoms with Gasteiger partial charge in [-0.25, -0.2) is 4.79 Å². The van der Waals surface area contributed by atoms with Gasteiger partial charge in [-0.05, 0) is 37.1 Å². The van der Waals surface area contributed by atoms with Crippen molar-refractivity contribution in [2.45, 2.75) is 13.3 Å². The summed E-state index contributed by atoms with van der Waals surface area (Å²) < 4.78 is 0. The molecule has 1 aromatic carbocycles. The van der Waals surface area contributed by atoms with Gasteiger partial charge in [-0.3, -0.25) is 0 Å². The highest BCUT2D eigenvalue weighted by atomic mass is 35.5. The maximum Gasteiger partial charge on any atom is 0.328 e. The first kappa shape index (κ1) is 13.7. The Kier molecular flexibility index (Phi) is 4.27. The van der Waals surface area contributed by atoms with Crippen molar-refractivity contribution in [3.05, 3.63) is 46.5 Å². The van der Waals surface area contributed by atoms with Crippen LogP contribution in [0.3, 0.4) is 0 Å².